The van der Waals surface area contributed by atoms with Crippen LogP contribution in [0.3, 0.4) is 0 Å². The first-order chi connectivity index (χ1) is 9.58. The van der Waals surface area contributed by atoms with Gasteiger partial charge in [0.15, 0.2) is 0 Å². The Morgan fingerprint density at radius 2 is 1.62 bits per heavy atom. The van der Waals surface area contributed by atoms with Crippen LogP contribution in [-0.2, 0) is 9.53 Å². The summed E-state index contributed by atoms with van der Waals surface area (Å²) in [4.78, 5) is 23.5. The Labute approximate surface area is 125 Å². The normalized spacial score (nSPS) is 27.2. The molecule has 0 saturated heterocycles. The molecular formula is C16H25NO4. The molecule has 3 rings (SSSR count). The van der Waals surface area contributed by atoms with E-state index in [2.05, 4.69) is 5.32 Å². The monoisotopic (exact) mass is 295 g/mol. The van der Waals surface area contributed by atoms with Crippen LogP contribution in [0.1, 0.15) is 65.7 Å². The molecule has 2 N–H and O–H groups in total. The van der Waals surface area contributed by atoms with Gasteiger partial charge in [0.2, 0.25) is 0 Å². The summed E-state index contributed by atoms with van der Waals surface area (Å²) in [6.07, 6.45) is 6.68. The van der Waals surface area contributed by atoms with Gasteiger partial charge in [-0.2, -0.15) is 0 Å². The summed E-state index contributed by atoms with van der Waals surface area (Å²) < 4.78 is 5.20. The molecule has 0 aromatic heterocycles. The number of hydrogen-bond acceptors (Lipinski definition) is 3. The van der Waals surface area contributed by atoms with Crippen LogP contribution in [0.5, 0.6) is 0 Å². The lowest BCUT2D eigenvalue weighted by molar-refractivity contribution is -0.193. The second kappa shape index (κ2) is 4.14. The number of hydrogen-bond donors (Lipinski definition) is 2. The van der Waals surface area contributed by atoms with E-state index in [4.69, 9.17) is 4.74 Å². The van der Waals surface area contributed by atoms with E-state index < -0.39 is 23.2 Å². The van der Waals surface area contributed by atoms with E-state index in [-0.39, 0.29) is 5.41 Å². The fourth-order valence-electron chi connectivity index (χ4n) is 4.84. The molecule has 5 nitrogen and oxygen atoms in total. The number of amides is 1. The highest BCUT2D eigenvalue weighted by Crippen LogP contribution is 2.72. The van der Waals surface area contributed by atoms with Crippen LogP contribution in [-0.4, -0.2) is 28.3 Å². The van der Waals surface area contributed by atoms with Crippen molar-refractivity contribution in [2.24, 2.45) is 10.8 Å². The maximum atomic E-state index is 11.9. The second-order valence-electron chi connectivity index (χ2n) is 8.57. The fourth-order valence-corrected chi connectivity index (χ4v) is 4.84. The maximum absolute atomic E-state index is 11.9. The molecule has 0 unspecified atom stereocenters. The Balaban J connectivity index is 1.59. The first-order valence-electron chi connectivity index (χ1n) is 7.83. The minimum absolute atomic E-state index is 0.161. The zero-order valence-corrected chi connectivity index (χ0v) is 13.1. The van der Waals surface area contributed by atoms with Gasteiger partial charge in [0.05, 0.1) is 0 Å². The zero-order chi connectivity index (χ0) is 15.5. The standard InChI is InChI=1S/C16H25NO4/c1-13(2,3)21-12(20)17-16(11(18)19)9-15(10-16)7-14(8-15)5-4-6-14/h4-10H2,1-3H3,(H,17,20)(H,18,19). The van der Waals surface area contributed by atoms with Crippen molar-refractivity contribution in [3.05, 3.63) is 0 Å². The van der Waals surface area contributed by atoms with Gasteiger partial charge in [0.25, 0.3) is 0 Å². The average molecular weight is 295 g/mol. The molecule has 3 aliphatic carbocycles. The highest BCUT2D eigenvalue weighted by molar-refractivity contribution is 5.86. The molecule has 0 aromatic rings. The zero-order valence-electron chi connectivity index (χ0n) is 13.1. The van der Waals surface area contributed by atoms with Crippen molar-refractivity contribution in [2.75, 3.05) is 0 Å². The lowest BCUT2D eigenvalue weighted by atomic mass is 9.36. The van der Waals surface area contributed by atoms with Crippen LogP contribution in [0.4, 0.5) is 4.79 Å². The van der Waals surface area contributed by atoms with Crippen molar-refractivity contribution < 1.29 is 19.4 Å². The number of carboxylic acid groups (broad SMARTS) is 1. The van der Waals surface area contributed by atoms with Gasteiger partial charge in [-0.1, -0.05) is 6.42 Å². The lowest BCUT2D eigenvalue weighted by Gasteiger charge is -2.69. The van der Waals surface area contributed by atoms with Gasteiger partial charge in [-0.05, 0) is 70.1 Å². The third-order valence-electron chi connectivity index (χ3n) is 5.42. The average Bonchev–Trinajstić information content (AvgIpc) is 2.13. The number of carboxylic acids is 1. The molecule has 21 heavy (non-hydrogen) atoms. The molecule has 0 aliphatic heterocycles. The summed E-state index contributed by atoms with van der Waals surface area (Å²) in [7, 11) is 0. The van der Waals surface area contributed by atoms with E-state index >= 15 is 0 Å². The van der Waals surface area contributed by atoms with E-state index in [1.165, 1.54) is 19.3 Å². The number of carbonyl (C=O) groups excluding carboxylic acids is 1. The molecule has 0 bridgehead atoms. The van der Waals surface area contributed by atoms with E-state index in [0.29, 0.717) is 18.3 Å². The van der Waals surface area contributed by atoms with E-state index in [0.717, 1.165) is 12.8 Å². The maximum Gasteiger partial charge on any atom is 0.408 e. The van der Waals surface area contributed by atoms with Crippen LogP contribution in [0.15, 0.2) is 0 Å². The number of rotatable bonds is 2. The summed E-state index contributed by atoms with van der Waals surface area (Å²) in [5.74, 6) is -0.937. The highest BCUT2D eigenvalue weighted by atomic mass is 16.6. The van der Waals surface area contributed by atoms with Crippen LogP contribution in [0.2, 0.25) is 0 Å². The SMILES string of the molecule is CC(C)(C)OC(=O)NC1(C(=O)O)CC2(CC3(CCC3)C2)C1. The van der Waals surface area contributed by atoms with Gasteiger partial charge < -0.3 is 15.2 Å². The summed E-state index contributed by atoms with van der Waals surface area (Å²) >= 11 is 0. The van der Waals surface area contributed by atoms with E-state index in [9.17, 15) is 14.7 Å². The molecule has 118 valence electrons. The smallest absolute Gasteiger partial charge is 0.408 e. The molecule has 3 fully saturated rings. The molecular weight excluding hydrogens is 270 g/mol. The lowest BCUT2D eigenvalue weighted by Crippen LogP contribution is -2.71. The fraction of sp³-hybridized carbons (Fsp3) is 0.875. The molecule has 0 aromatic carbocycles. The Hall–Kier alpha value is -1.26. The second-order valence-corrected chi connectivity index (χ2v) is 8.57. The van der Waals surface area contributed by atoms with Crippen LogP contribution in [0, 0.1) is 10.8 Å². The molecule has 2 spiro atoms. The Kier molecular flexibility index (Phi) is 2.89. The predicted molar refractivity (Wildman–Crippen MR) is 76.9 cm³/mol. The Morgan fingerprint density at radius 3 is 2.00 bits per heavy atom. The van der Waals surface area contributed by atoms with Crippen LogP contribution < -0.4 is 5.32 Å². The predicted octanol–water partition coefficient (Wildman–Crippen LogP) is 3.08. The highest BCUT2D eigenvalue weighted by Gasteiger charge is 2.69. The number of carbonyl (C=O) groups is 2. The molecule has 3 saturated carbocycles. The van der Waals surface area contributed by atoms with Gasteiger partial charge in [-0.25, -0.2) is 9.59 Å². The number of ether oxygens (including phenoxy) is 1. The van der Waals surface area contributed by atoms with Crippen molar-refractivity contribution in [2.45, 2.75) is 76.9 Å². The van der Waals surface area contributed by atoms with Crippen molar-refractivity contribution >= 4 is 12.1 Å². The summed E-state index contributed by atoms with van der Waals surface area (Å²) in [5.41, 5.74) is -1.05. The van der Waals surface area contributed by atoms with Gasteiger partial charge in [0, 0.05) is 0 Å². The molecule has 5 heteroatoms. The number of aliphatic carboxylic acids is 1. The molecule has 0 radical (unpaired) electrons. The minimum atomic E-state index is -1.12. The minimum Gasteiger partial charge on any atom is -0.480 e. The van der Waals surface area contributed by atoms with E-state index in [1.807, 2.05) is 0 Å². The number of nitrogens with one attached hydrogen (secondary N) is 1. The molecule has 0 heterocycles. The third kappa shape index (κ3) is 2.40. The first kappa shape index (κ1) is 14.7. The van der Waals surface area contributed by atoms with Crippen molar-refractivity contribution in [1.29, 1.82) is 0 Å². The largest absolute Gasteiger partial charge is 0.480 e. The van der Waals surface area contributed by atoms with Crippen molar-refractivity contribution in [1.82, 2.24) is 5.32 Å². The first-order valence-corrected chi connectivity index (χ1v) is 7.83. The summed E-state index contributed by atoms with van der Waals surface area (Å²) in [6, 6.07) is 0. The number of alkyl carbamates (subject to hydrolysis) is 1. The quantitative estimate of drug-likeness (QED) is 0.821. The Bertz CT molecular complexity index is 471. The topological polar surface area (TPSA) is 75.6 Å². The van der Waals surface area contributed by atoms with E-state index in [1.54, 1.807) is 20.8 Å². The Morgan fingerprint density at radius 1 is 1.05 bits per heavy atom. The molecule has 0 atom stereocenters. The van der Waals surface area contributed by atoms with Crippen LogP contribution in [0.25, 0.3) is 0 Å². The van der Waals surface area contributed by atoms with Crippen molar-refractivity contribution in [3.63, 3.8) is 0 Å². The summed E-state index contributed by atoms with van der Waals surface area (Å²) in [6.45, 7) is 5.32. The van der Waals surface area contributed by atoms with Crippen molar-refractivity contribution in [3.8, 4) is 0 Å². The van der Waals surface area contributed by atoms with Crippen LogP contribution >= 0.6 is 0 Å². The van der Waals surface area contributed by atoms with Gasteiger partial charge in [-0.3, -0.25) is 0 Å². The van der Waals surface area contributed by atoms with Gasteiger partial charge in [0.1, 0.15) is 11.1 Å². The van der Waals surface area contributed by atoms with Gasteiger partial charge in [-0.15, -0.1) is 0 Å². The van der Waals surface area contributed by atoms with Gasteiger partial charge >= 0.3 is 12.1 Å². The summed E-state index contributed by atoms with van der Waals surface area (Å²) in [5, 5.41) is 12.1. The third-order valence-corrected chi connectivity index (χ3v) is 5.42. The molecule has 1 amide bonds. The molecule has 3 aliphatic rings.